The van der Waals surface area contributed by atoms with Gasteiger partial charge in [-0.05, 0) is 0 Å². The van der Waals surface area contributed by atoms with Crippen molar-refractivity contribution in [2.75, 3.05) is 0 Å². The first-order valence-electron chi connectivity index (χ1n) is 0. The van der Waals surface area contributed by atoms with Crippen LogP contribution in [0, 0.1) is 0 Å². The van der Waals surface area contributed by atoms with Crippen LogP contribution < -0.4 is 0 Å². The second kappa shape index (κ2) is 17.8. The molecule has 4 heavy (non-hydrogen) atoms. The minimum absolute atomic E-state index is 0. The molecule has 0 aliphatic carbocycles. The molecule has 0 bridgehead atoms. The molecular formula is AgAlAuNi. The smallest absolute Gasteiger partial charge is 0 e. The topological polar surface area (TPSA) is 0 Å². The van der Waals surface area contributed by atoms with E-state index in [1.54, 1.807) is 0 Å². The zero-order valence-corrected chi connectivity index (χ0v) is 7.29. The van der Waals surface area contributed by atoms with Gasteiger partial charge in [0.05, 0.1) is 0 Å². The summed E-state index contributed by atoms with van der Waals surface area (Å²) >= 11 is 0. The van der Waals surface area contributed by atoms with Crippen LogP contribution in [0.1, 0.15) is 0 Å². The van der Waals surface area contributed by atoms with Crippen LogP contribution in [0.2, 0.25) is 0 Å². The maximum Gasteiger partial charge on any atom is 0 e. The van der Waals surface area contributed by atoms with Gasteiger partial charge in [0.15, 0.2) is 0 Å². The van der Waals surface area contributed by atoms with Gasteiger partial charge in [-0.15, -0.1) is 0 Å². The molecule has 0 aromatic heterocycles. The quantitative estimate of drug-likeness (QED) is 0.495. The van der Waals surface area contributed by atoms with Gasteiger partial charge in [0.2, 0.25) is 0 Å². The van der Waals surface area contributed by atoms with Crippen LogP contribution in [0.3, 0.4) is 0 Å². The molecule has 0 saturated heterocycles. The molecular weight excluding hydrogens is 391 g/mol. The Morgan fingerprint density at radius 2 is 1.00 bits per heavy atom. The van der Waals surface area contributed by atoms with Crippen LogP contribution in [0.4, 0.5) is 0 Å². The van der Waals surface area contributed by atoms with Gasteiger partial charge in [-0.1, -0.05) is 0 Å². The summed E-state index contributed by atoms with van der Waals surface area (Å²) in [5.74, 6) is 0. The van der Waals surface area contributed by atoms with Crippen molar-refractivity contribution in [2.24, 2.45) is 0 Å². The maximum atomic E-state index is 0. The summed E-state index contributed by atoms with van der Waals surface area (Å²) in [6, 6.07) is 0. The minimum atomic E-state index is 0. The molecule has 0 saturated carbocycles. The molecule has 0 unspecified atom stereocenters. The van der Waals surface area contributed by atoms with Gasteiger partial charge in [0, 0.05) is 78.6 Å². The summed E-state index contributed by atoms with van der Waals surface area (Å²) in [6.07, 6.45) is 0. The summed E-state index contributed by atoms with van der Waals surface area (Å²) in [6.45, 7) is 0. The second-order valence-electron chi connectivity index (χ2n) is 0. The van der Waals surface area contributed by atoms with Crippen LogP contribution in [-0.2, 0) is 61.3 Å². The van der Waals surface area contributed by atoms with Crippen LogP contribution in [0.15, 0.2) is 0 Å². The third-order valence-corrected chi connectivity index (χ3v) is 0. The number of hydrogen-bond donors (Lipinski definition) is 0. The molecule has 0 N–H and O–H groups in total. The van der Waals surface area contributed by atoms with Gasteiger partial charge in [-0.2, -0.15) is 0 Å². The van der Waals surface area contributed by atoms with Crippen molar-refractivity contribution in [3.63, 3.8) is 0 Å². The average Bonchev–Trinajstić information content (AvgIpc) is 0. The molecule has 0 amide bonds. The Bertz CT molecular complexity index is 8.00. The summed E-state index contributed by atoms with van der Waals surface area (Å²) in [5, 5.41) is 0. The zero-order valence-electron chi connectivity index (χ0n) is 1.50. The van der Waals surface area contributed by atoms with Crippen LogP contribution in [-0.4, -0.2) is 17.4 Å². The fraction of sp³-hybridized carbons (Fsp3) is 0. The molecule has 0 nitrogen and oxygen atoms in total. The van der Waals surface area contributed by atoms with Crippen molar-refractivity contribution in [2.45, 2.75) is 0 Å². The van der Waals surface area contributed by atoms with Crippen LogP contribution in [0.25, 0.3) is 0 Å². The Morgan fingerprint density at radius 3 is 1.00 bits per heavy atom. The summed E-state index contributed by atoms with van der Waals surface area (Å²) < 4.78 is 0. The Hall–Kier alpha value is 2.51. The third kappa shape index (κ3) is 8.82. The molecule has 0 aromatic carbocycles. The van der Waals surface area contributed by atoms with Gasteiger partial charge >= 0.3 is 0 Å². The largest absolute Gasteiger partial charge is 0 e. The molecule has 35 valence electrons. The van der Waals surface area contributed by atoms with E-state index < -0.39 is 0 Å². The Morgan fingerprint density at radius 1 is 1.00 bits per heavy atom. The van der Waals surface area contributed by atoms with Gasteiger partial charge in [0.25, 0.3) is 0 Å². The molecule has 0 aromatic rings. The third-order valence-electron chi connectivity index (χ3n) is 0. The maximum absolute atomic E-state index is 0. The molecule has 0 heterocycles. The molecule has 0 spiro atoms. The van der Waals surface area contributed by atoms with E-state index in [2.05, 4.69) is 0 Å². The second-order valence-corrected chi connectivity index (χ2v) is 0. The van der Waals surface area contributed by atoms with Crippen LogP contribution in [0.5, 0.6) is 0 Å². The van der Waals surface area contributed by atoms with Crippen molar-refractivity contribution in [1.29, 1.82) is 0 Å². The predicted octanol–water partition coefficient (Wildman–Crippen LogP) is -0.388. The van der Waals surface area contributed by atoms with Crippen molar-refractivity contribution in [3.05, 3.63) is 0 Å². The van der Waals surface area contributed by atoms with E-state index in [1.807, 2.05) is 0 Å². The molecule has 0 atom stereocenters. The fourth-order valence-electron chi connectivity index (χ4n) is 0. The summed E-state index contributed by atoms with van der Waals surface area (Å²) in [4.78, 5) is 0. The molecule has 0 fully saturated rings. The van der Waals surface area contributed by atoms with Crippen molar-refractivity contribution >= 4 is 17.4 Å². The summed E-state index contributed by atoms with van der Waals surface area (Å²) in [7, 11) is 0. The molecule has 0 aliphatic rings. The van der Waals surface area contributed by atoms with E-state index in [1.165, 1.54) is 0 Å². The van der Waals surface area contributed by atoms with Gasteiger partial charge in [-0.3, -0.25) is 0 Å². The molecule has 0 rings (SSSR count). The Kier molecular flexibility index (Phi) is 140. The van der Waals surface area contributed by atoms with Crippen molar-refractivity contribution in [3.8, 4) is 0 Å². The standard InChI is InChI=1S/Ag.Al.Au.Ni. The normalized spacial score (nSPS) is 0. The van der Waals surface area contributed by atoms with Crippen molar-refractivity contribution < 1.29 is 61.3 Å². The monoisotopic (exact) mass is 389 g/mol. The fourth-order valence-corrected chi connectivity index (χ4v) is 0. The van der Waals surface area contributed by atoms with E-state index in [0.29, 0.717) is 0 Å². The Labute approximate surface area is 77.6 Å². The molecule has 4 heteroatoms. The zero-order chi connectivity index (χ0) is 0. The Balaban J connectivity index is 0. The van der Waals surface area contributed by atoms with E-state index in [4.69, 9.17) is 0 Å². The van der Waals surface area contributed by atoms with Gasteiger partial charge in [-0.25, -0.2) is 0 Å². The van der Waals surface area contributed by atoms with Crippen LogP contribution >= 0.6 is 0 Å². The molecule has 0 aliphatic heterocycles. The van der Waals surface area contributed by atoms with Crippen molar-refractivity contribution in [1.82, 2.24) is 0 Å². The van der Waals surface area contributed by atoms with E-state index >= 15 is 0 Å². The van der Waals surface area contributed by atoms with Gasteiger partial charge in [0.1, 0.15) is 0 Å². The molecule has 5 radical (unpaired) electrons. The van der Waals surface area contributed by atoms with Gasteiger partial charge < -0.3 is 0 Å². The average molecular weight is 391 g/mol. The number of hydrogen-bond acceptors (Lipinski definition) is 0. The first kappa shape index (κ1) is 31.4. The first-order valence-corrected chi connectivity index (χ1v) is 0. The predicted molar refractivity (Wildman–Crippen MR) is 5.75 cm³/mol. The minimum Gasteiger partial charge on any atom is 0 e. The van der Waals surface area contributed by atoms with E-state index in [9.17, 15) is 0 Å². The summed E-state index contributed by atoms with van der Waals surface area (Å²) in [5.41, 5.74) is 0. The van der Waals surface area contributed by atoms with E-state index in [0.717, 1.165) is 0 Å². The number of rotatable bonds is 0. The SMILES string of the molecule is [Ag].[Al].[Au].[Ni]. The van der Waals surface area contributed by atoms with E-state index in [-0.39, 0.29) is 78.6 Å². The first-order chi connectivity index (χ1) is 0.